The van der Waals surface area contributed by atoms with Crippen LogP contribution in [0.15, 0.2) is 53.5 Å². The summed E-state index contributed by atoms with van der Waals surface area (Å²) in [5.41, 5.74) is 8.48. The molecule has 0 amide bonds. The van der Waals surface area contributed by atoms with Crippen LogP contribution < -0.4 is 16.0 Å². The highest BCUT2D eigenvalue weighted by Crippen LogP contribution is 2.37. The number of benzene rings is 2. The Hall–Kier alpha value is -2.53. The zero-order valence-corrected chi connectivity index (χ0v) is 14.3. The summed E-state index contributed by atoms with van der Waals surface area (Å²) in [7, 11) is 1.99. The third-order valence-corrected chi connectivity index (χ3v) is 4.34. The molecule has 3 rings (SSSR count). The number of fused-ring (bicyclic) bond motifs is 1. The molecule has 0 saturated carbocycles. The second-order valence-electron chi connectivity index (χ2n) is 6.75. The molecule has 1 atom stereocenters. The van der Waals surface area contributed by atoms with Crippen molar-refractivity contribution in [2.45, 2.75) is 25.6 Å². The molecule has 4 N–H and O–H groups in total. The Balaban J connectivity index is 2.10. The van der Waals surface area contributed by atoms with Gasteiger partial charge >= 0.3 is 0 Å². The summed E-state index contributed by atoms with van der Waals surface area (Å²) < 4.78 is 0. The van der Waals surface area contributed by atoms with E-state index in [-0.39, 0.29) is 17.5 Å². The Morgan fingerprint density at radius 3 is 2.54 bits per heavy atom. The van der Waals surface area contributed by atoms with Crippen molar-refractivity contribution in [1.29, 1.82) is 0 Å². The number of aliphatic imine (C=N–C) groups is 1. The highest BCUT2D eigenvalue weighted by atomic mass is 16.3. The maximum absolute atomic E-state index is 10.3. The van der Waals surface area contributed by atoms with Crippen LogP contribution in [0.1, 0.15) is 31.1 Å². The summed E-state index contributed by atoms with van der Waals surface area (Å²) in [6.45, 7) is 4.59. The number of rotatable bonds is 3. The Morgan fingerprint density at radius 2 is 1.83 bits per heavy atom. The first-order valence-corrected chi connectivity index (χ1v) is 8.09. The first-order chi connectivity index (χ1) is 11.4. The molecule has 126 valence electrons. The predicted octanol–water partition coefficient (Wildman–Crippen LogP) is 2.61. The number of nitrogens with one attached hydrogen (secondary N) is 1. The fourth-order valence-corrected chi connectivity index (χ4v) is 2.85. The lowest BCUT2D eigenvalue weighted by molar-refractivity contribution is 0.457. The van der Waals surface area contributed by atoms with Crippen molar-refractivity contribution < 1.29 is 5.11 Å². The van der Waals surface area contributed by atoms with Crippen LogP contribution in [0.25, 0.3) is 0 Å². The molecule has 0 aromatic heterocycles. The number of amidine groups is 1. The molecule has 5 nitrogen and oxygen atoms in total. The number of nitrogens with two attached hydrogens (primary N) is 1. The van der Waals surface area contributed by atoms with Crippen molar-refractivity contribution in [1.82, 2.24) is 5.32 Å². The molecule has 0 saturated heterocycles. The predicted molar refractivity (Wildman–Crippen MR) is 98.5 cm³/mol. The molecule has 1 aliphatic heterocycles. The lowest BCUT2D eigenvalue weighted by atomic mass is 10.0. The summed E-state index contributed by atoms with van der Waals surface area (Å²) >= 11 is 0. The van der Waals surface area contributed by atoms with Gasteiger partial charge in [-0.05, 0) is 32.0 Å². The average molecular weight is 324 g/mol. The quantitative estimate of drug-likeness (QED) is 0.811. The van der Waals surface area contributed by atoms with E-state index in [4.69, 9.17) is 10.7 Å². The highest BCUT2D eigenvalue weighted by molar-refractivity contribution is 6.05. The summed E-state index contributed by atoms with van der Waals surface area (Å²) in [5, 5.41) is 13.7. The smallest absolute Gasteiger partial charge is 0.152 e. The van der Waals surface area contributed by atoms with Crippen molar-refractivity contribution in [3.63, 3.8) is 0 Å². The number of phenolic OH excluding ortho intramolecular Hbond substituents is 1. The Morgan fingerprint density at radius 1 is 1.17 bits per heavy atom. The minimum absolute atomic E-state index is 0.245. The Labute approximate surface area is 142 Å². The van der Waals surface area contributed by atoms with Gasteiger partial charge in [-0.2, -0.15) is 0 Å². The Bertz CT molecular complexity index is 769. The topological polar surface area (TPSA) is 73.9 Å². The Kier molecular flexibility index (Phi) is 4.20. The minimum atomic E-state index is -0.294. The SMILES string of the molecule is CN1c2ccccc2C(NC(C)(C)CN)=NC1c1ccccc1O. The number of hydrogen-bond acceptors (Lipinski definition) is 5. The second-order valence-corrected chi connectivity index (χ2v) is 6.75. The standard InChI is InChI=1S/C19H24N4O/c1-19(2,12-20)22-17-13-8-4-6-10-15(13)23(3)18(21-17)14-9-5-7-11-16(14)24/h4-11,18,24H,12,20H2,1-3H3,(H,21,22). The van der Waals surface area contributed by atoms with E-state index in [9.17, 15) is 5.11 Å². The lowest BCUT2D eigenvalue weighted by Gasteiger charge is -2.37. The van der Waals surface area contributed by atoms with Gasteiger partial charge in [-0.15, -0.1) is 0 Å². The molecule has 0 bridgehead atoms. The van der Waals surface area contributed by atoms with Gasteiger partial charge in [0.2, 0.25) is 0 Å². The van der Waals surface area contributed by atoms with Crippen molar-refractivity contribution in [2.24, 2.45) is 10.7 Å². The van der Waals surface area contributed by atoms with E-state index in [1.165, 1.54) is 0 Å². The molecule has 5 heteroatoms. The van der Waals surface area contributed by atoms with Crippen molar-refractivity contribution >= 4 is 11.5 Å². The van der Waals surface area contributed by atoms with Crippen LogP contribution in [0.4, 0.5) is 5.69 Å². The van der Waals surface area contributed by atoms with Crippen LogP contribution in [0, 0.1) is 0 Å². The summed E-state index contributed by atoms with van der Waals surface area (Å²) in [5.74, 6) is 1.04. The van der Waals surface area contributed by atoms with Gasteiger partial charge in [0.1, 0.15) is 11.6 Å². The molecule has 0 radical (unpaired) electrons. The molecule has 1 unspecified atom stereocenters. The number of nitrogens with zero attached hydrogens (tertiary/aromatic N) is 2. The molecule has 1 heterocycles. The van der Waals surface area contributed by atoms with Gasteiger partial charge in [-0.3, -0.25) is 0 Å². The number of hydrogen-bond donors (Lipinski definition) is 3. The van der Waals surface area contributed by atoms with E-state index < -0.39 is 0 Å². The lowest BCUT2D eigenvalue weighted by Crippen LogP contribution is -2.50. The van der Waals surface area contributed by atoms with Crippen LogP contribution in [0.2, 0.25) is 0 Å². The van der Waals surface area contributed by atoms with Crippen LogP contribution in [-0.4, -0.2) is 30.1 Å². The van der Waals surface area contributed by atoms with Crippen LogP contribution in [0.3, 0.4) is 0 Å². The number of phenols is 1. The fourth-order valence-electron chi connectivity index (χ4n) is 2.85. The molecule has 2 aromatic rings. The molecular formula is C19H24N4O. The number of aromatic hydroxyl groups is 1. The summed E-state index contributed by atoms with van der Waals surface area (Å²) in [6.07, 6.45) is -0.294. The van der Waals surface area contributed by atoms with Crippen LogP contribution >= 0.6 is 0 Å². The van der Waals surface area contributed by atoms with Crippen molar-refractivity contribution in [3.05, 3.63) is 59.7 Å². The van der Waals surface area contributed by atoms with E-state index in [0.717, 1.165) is 22.6 Å². The average Bonchev–Trinajstić information content (AvgIpc) is 2.58. The third kappa shape index (κ3) is 2.95. The summed E-state index contributed by atoms with van der Waals surface area (Å²) in [6, 6.07) is 15.4. The van der Waals surface area contributed by atoms with E-state index in [1.54, 1.807) is 6.07 Å². The molecule has 0 aliphatic carbocycles. The normalized spacial score (nSPS) is 17.2. The summed E-state index contributed by atoms with van der Waals surface area (Å²) in [4.78, 5) is 6.96. The monoisotopic (exact) mass is 324 g/mol. The maximum atomic E-state index is 10.3. The van der Waals surface area contributed by atoms with Crippen molar-refractivity contribution in [3.8, 4) is 5.75 Å². The first kappa shape index (κ1) is 16.3. The number of anilines is 1. The van der Waals surface area contributed by atoms with Gasteiger partial charge in [0.05, 0.1) is 0 Å². The zero-order valence-electron chi connectivity index (χ0n) is 14.3. The molecule has 0 spiro atoms. The molecule has 2 aromatic carbocycles. The second kappa shape index (κ2) is 6.17. The van der Waals surface area contributed by atoms with E-state index in [0.29, 0.717) is 6.54 Å². The largest absolute Gasteiger partial charge is 0.508 e. The number of para-hydroxylation sites is 2. The minimum Gasteiger partial charge on any atom is -0.508 e. The van der Waals surface area contributed by atoms with E-state index in [1.807, 2.05) is 57.3 Å². The van der Waals surface area contributed by atoms with E-state index in [2.05, 4.69) is 16.3 Å². The zero-order chi connectivity index (χ0) is 17.3. The van der Waals surface area contributed by atoms with Gasteiger partial charge in [0, 0.05) is 35.9 Å². The molecule has 0 fully saturated rings. The third-order valence-electron chi connectivity index (χ3n) is 4.34. The fraction of sp³-hybridized carbons (Fsp3) is 0.316. The first-order valence-electron chi connectivity index (χ1n) is 8.09. The molecule has 24 heavy (non-hydrogen) atoms. The molecular weight excluding hydrogens is 300 g/mol. The van der Waals surface area contributed by atoms with Gasteiger partial charge < -0.3 is 21.1 Å². The van der Waals surface area contributed by atoms with Crippen LogP contribution in [-0.2, 0) is 0 Å². The van der Waals surface area contributed by atoms with Gasteiger partial charge in [-0.1, -0.05) is 30.3 Å². The van der Waals surface area contributed by atoms with Gasteiger partial charge in [-0.25, -0.2) is 4.99 Å². The van der Waals surface area contributed by atoms with Crippen LogP contribution in [0.5, 0.6) is 5.75 Å². The van der Waals surface area contributed by atoms with Crippen molar-refractivity contribution in [2.75, 3.05) is 18.5 Å². The van der Waals surface area contributed by atoms with Gasteiger partial charge in [0.25, 0.3) is 0 Å². The van der Waals surface area contributed by atoms with E-state index >= 15 is 0 Å². The van der Waals surface area contributed by atoms with Gasteiger partial charge in [0.15, 0.2) is 6.17 Å². The molecule has 1 aliphatic rings. The maximum Gasteiger partial charge on any atom is 0.152 e. The highest BCUT2D eigenvalue weighted by Gasteiger charge is 2.30.